The summed E-state index contributed by atoms with van der Waals surface area (Å²) in [5.41, 5.74) is 1.28. The van der Waals surface area contributed by atoms with Gasteiger partial charge >= 0.3 is 0 Å². The van der Waals surface area contributed by atoms with Crippen molar-refractivity contribution in [3.05, 3.63) is 30.3 Å². The van der Waals surface area contributed by atoms with Gasteiger partial charge in [0.15, 0.2) is 0 Å². The highest BCUT2D eigenvalue weighted by molar-refractivity contribution is 5.81. The second kappa shape index (κ2) is 4.15. The van der Waals surface area contributed by atoms with Gasteiger partial charge in [-0.05, 0) is 19.2 Å². The second-order valence-electron chi connectivity index (χ2n) is 5.16. The zero-order valence-corrected chi connectivity index (χ0v) is 10.2. The van der Waals surface area contributed by atoms with Crippen LogP contribution in [0.25, 0.3) is 0 Å². The summed E-state index contributed by atoms with van der Waals surface area (Å²) in [6, 6.07) is 11.3. The molecule has 2 bridgehead atoms. The predicted octanol–water partition coefficient (Wildman–Crippen LogP) is 1.54. The lowest BCUT2D eigenvalue weighted by Gasteiger charge is -2.48. The lowest BCUT2D eigenvalue weighted by Crippen LogP contribution is -2.61. The topological polar surface area (TPSA) is 23.6 Å². The van der Waals surface area contributed by atoms with E-state index in [0.717, 1.165) is 25.9 Å². The van der Waals surface area contributed by atoms with Crippen LogP contribution in [-0.2, 0) is 4.79 Å². The van der Waals surface area contributed by atoms with Crippen LogP contribution in [0.5, 0.6) is 0 Å². The van der Waals surface area contributed by atoms with Crippen molar-refractivity contribution in [2.75, 3.05) is 25.0 Å². The first-order valence-corrected chi connectivity index (χ1v) is 6.27. The Kier molecular flexibility index (Phi) is 2.63. The van der Waals surface area contributed by atoms with Crippen molar-refractivity contribution >= 4 is 11.5 Å². The number of hydrogen-bond donors (Lipinski definition) is 0. The number of fused-ring (bicyclic) bond motifs is 2. The molecule has 90 valence electrons. The summed E-state index contributed by atoms with van der Waals surface area (Å²) in [5.74, 6) is 0.436. The van der Waals surface area contributed by atoms with Crippen LogP contribution in [0.4, 0.5) is 5.69 Å². The van der Waals surface area contributed by atoms with Crippen LogP contribution in [0.2, 0.25) is 0 Å². The Morgan fingerprint density at radius 3 is 2.24 bits per heavy atom. The standard InChI is InChI=1S/C14H18N2O/c1-15-12-7-14(17)8-13(15)10-16(9-12)11-5-3-2-4-6-11/h2-6,12-13H,7-10H2,1H3. The molecular weight excluding hydrogens is 212 g/mol. The molecule has 2 heterocycles. The molecule has 2 saturated heterocycles. The van der Waals surface area contributed by atoms with Crippen molar-refractivity contribution in [3.63, 3.8) is 0 Å². The number of piperidine rings is 1. The number of carbonyl (C=O) groups excluding carboxylic acids is 1. The van der Waals surface area contributed by atoms with Gasteiger partial charge in [0.2, 0.25) is 0 Å². The maximum Gasteiger partial charge on any atom is 0.136 e. The van der Waals surface area contributed by atoms with Gasteiger partial charge in [-0.15, -0.1) is 0 Å². The number of ketones is 1. The molecule has 0 radical (unpaired) electrons. The summed E-state index contributed by atoms with van der Waals surface area (Å²) >= 11 is 0. The average Bonchev–Trinajstić information content (AvgIpc) is 2.32. The maximum atomic E-state index is 11.6. The minimum atomic E-state index is 0.398. The van der Waals surface area contributed by atoms with Crippen LogP contribution in [0, 0.1) is 0 Å². The number of carbonyl (C=O) groups is 1. The molecule has 0 N–H and O–H groups in total. The van der Waals surface area contributed by atoms with Gasteiger partial charge in [0.25, 0.3) is 0 Å². The zero-order chi connectivity index (χ0) is 11.8. The normalized spacial score (nSPS) is 29.5. The molecule has 2 aliphatic rings. The van der Waals surface area contributed by atoms with Crippen molar-refractivity contribution in [1.29, 1.82) is 0 Å². The predicted molar refractivity (Wildman–Crippen MR) is 68.2 cm³/mol. The molecule has 3 rings (SSSR count). The fourth-order valence-electron chi connectivity index (χ4n) is 3.01. The Labute approximate surface area is 102 Å². The van der Waals surface area contributed by atoms with Gasteiger partial charge < -0.3 is 4.90 Å². The monoisotopic (exact) mass is 230 g/mol. The maximum absolute atomic E-state index is 11.6. The SMILES string of the molecule is CN1C2CC(=O)CC1CN(c1ccccc1)C2. The van der Waals surface area contributed by atoms with E-state index in [0.29, 0.717) is 17.9 Å². The largest absolute Gasteiger partial charge is 0.368 e. The number of Topliss-reactive ketones (excluding diaryl/α,β-unsaturated/α-hetero) is 1. The summed E-state index contributed by atoms with van der Waals surface area (Å²) < 4.78 is 0. The number of nitrogens with zero attached hydrogens (tertiary/aromatic N) is 2. The van der Waals surface area contributed by atoms with E-state index in [2.05, 4.69) is 41.1 Å². The molecule has 1 aromatic carbocycles. The number of piperazine rings is 1. The van der Waals surface area contributed by atoms with Crippen LogP contribution < -0.4 is 4.90 Å². The van der Waals surface area contributed by atoms with E-state index in [4.69, 9.17) is 0 Å². The van der Waals surface area contributed by atoms with Crippen LogP contribution >= 0.6 is 0 Å². The highest BCUT2D eigenvalue weighted by Gasteiger charge is 2.38. The van der Waals surface area contributed by atoms with E-state index in [1.165, 1.54) is 5.69 Å². The van der Waals surface area contributed by atoms with Gasteiger partial charge in [-0.3, -0.25) is 9.69 Å². The van der Waals surface area contributed by atoms with E-state index in [-0.39, 0.29) is 0 Å². The number of hydrogen-bond acceptors (Lipinski definition) is 3. The van der Waals surface area contributed by atoms with E-state index in [1.807, 2.05) is 6.07 Å². The van der Waals surface area contributed by atoms with Crippen molar-refractivity contribution in [2.24, 2.45) is 0 Å². The fraction of sp³-hybridized carbons (Fsp3) is 0.500. The molecule has 2 atom stereocenters. The molecule has 17 heavy (non-hydrogen) atoms. The quantitative estimate of drug-likeness (QED) is 0.731. The lowest BCUT2D eigenvalue weighted by atomic mass is 9.90. The van der Waals surface area contributed by atoms with Crippen molar-refractivity contribution in [3.8, 4) is 0 Å². The molecule has 2 aliphatic heterocycles. The van der Waals surface area contributed by atoms with E-state index in [1.54, 1.807) is 0 Å². The zero-order valence-electron chi connectivity index (χ0n) is 10.2. The third-order valence-electron chi connectivity index (χ3n) is 4.06. The van der Waals surface area contributed by atoms with Gasteiger partial charge in [-0.25, -0.2) is 0 Å². The third kappa shape index (κ3) is 1.95. The molecule has 3 heteroatoms. The second-order valence-corrected chi connectivity index (χ2v) is 5.16. The minimum absolute atomic E-state index is 0.398. The van der Waals surface area contributed by atoms with Crippen molar-refractivity contribution < 1.29 is 4.79 Å². The average molecular weight is 230 g/mol. The van der Waals surface area contributed by atoms with E-state index < -0.39 is 0 Å². The molecule has 0 aliphatic carbocycles. The Balaban J connectivity index is 1.82. The fourth-order valence-corrected chi connectivity index (χ4v) is 3.01. The van der Waals surface area contributed by atoms with Crippen LogP contribution in [-0.4, -0.2) is 42.9 Å². The summed E-state index contributed by atoms with van der Waals surface area (Å²) in [5, 5.41) is 0. The van der Waals surface area contributed by atoms with Crippen molar-refractivity contribution in [1.82, 2.24) is 4.90 Å². The van der Waals surface area contributed by atoms with Gasteiger partial charge in [-0.1, -0.05) is 18.2 Å². The first kappa shape index (κ1) is 10.8. The molecule has 0 spiro atoms. The number of anilines is 1. The highest BCUT2D eigenvalue weighted by atomic mass is 16.1. The molecule has 3 nitrogen and oxygen atoms in total. The van der Waals surface area contributed by atoms with Crippen molar-refractivity contribution in [2.45, 2.75) is 24.9 Å². The summed E-state index contributed by atoms with van der Waals surface area (Å²) in [4.78, 5) is 16.4. The number of para-hydroxylation sites is 1. The van der Waals surface area contributed by atoms with Gasteiger partial charge in [0, 0.05) is 43.7 Å². The van der Waals surface area contributed by atoms with Gasteiger partial charge in [0.05, 0.1) is 0 Å². The first-order chi connectivity index (χ1) is 8.24. The minimum Gasteiger partial charge on any atom is -0.368 e. The Morgan fingerprint density at radius 1 is 1.06 bits per heavy atom. The molecule has 2 unspecified atom stereocenters. The third-order valence-corrected chi connectivity index (χ3v) is 4.06. The summed E-state index contributed by atoms with van der Waals surface area (Å²) in [6.45, 7) is 1.95. The molecule has 0 aromatic heterocycles. The number of likely N-dealkylation sites (N-methyl/N-ethyl adjacent to an activating group) is 1. The molecule has 0 amide bonds. The first-order valence-electron chi connectivity index (χ1n) is 6.27. The van der Waals surface area contributed by atoms with Gasteiger partial charge in [-0.2, -0.15) is 0 Å². The lowest BCUT2D eigenvalue weighted by molar-refractivity contribution is -0.125. The van der Waals surface area contributed by atoms with Crippen LogP contribution in [0.3, 0.4) is 0 Å². The highest BCUT2D eigenvalue weighted by Crippen LogP contribution is 2.28. The number of benzene rings is 1. The Hall–Kier alpha value is -1.35. The van der Waals surface area contributed by atoms with E-state index >= 15 is 0 Å². The molecular formula is C14H18N2O. The smallest absolute Gasteiger partial charge is 0.136 e. The molecule has 0 saturated carbocycles. The Morgan fingerprint density at radius 2 is 1.65 bits per heavy atom. The van der Waals surface area contributed by atoms with Gasteiger partial charge in [0.1, 0.15) is 5.78 Å². The molecule has 1 aromatic rings. The molecule has 2 fully saturated rings. The van der Waals surface area contributed by atoms with E-state index in [9.17, 15) is 4.79 Å². The van der Waals surface area contributed by atoms with Crippen LogP contribution in [0.1, 0.15) is 12.8 Å². The van der Waals surface area contributed by atoms with Crippen LogP contribution in [0.15, 0.2) is 30.3 Å². The summed E-state index contributed by atoms with van der Waals surface area (Å²) in [6.07, 6.45) is 1.44. The number of rotatable bonds is 1. The summed E-state index contributed by atoms with van der Waals surface area (Å²) in [7, 11) is 2.16. The Bertz CT molecular complexity index is 399.